The number of carbonyl (C=O) groups excluding carboxylic acids is 1. The number of hydrogen-bond acceptors (Lipinski definition) is 4. The van der Waals surface area contributed by atoms with Crippen LogP contribution < -0.4 is 5.73 Å². The lowest BCUT2D eigenvalue weighted by atomic mass is 10.1. The number of nitrogens with zero attached hydrogens (tertiary/aromatic N) is 1. The fourth-order valence-electron chi connectivity index (χ4n) is 1.52. The minimum absolute atomic E-state index is 0.230. The molecule has 1 rings (SSSR count). The van der Waals surface area contributed by atoms with Crippen LogP contribution >= 0.6 is 0 Å². The van der Waals surface area contributed by atoms with Crippen LogP contribution in [0.2, 0.25) is 0 Å². The van der Waals surface area contributed by atoms with Gasteiger partial charge in [0.2, 0.25) is 15.9 Å². The van der Waals surface area contributed by atoms with E-state index in [0.717, 1.165) is 19.2 Å². The molecule has 1 amide bonds. The summed E-state index contributed by atoms with van der Waals surface area (Å²) in [6.45, 7) is 0.604. The van der Waals surface area contributed by atoms with Crippen LogP contribution in [-0.4, -0.2) is 43.3 Å². The standard InChI is InChI=1S/C11H13FN2O5S/c1-6-8(12)3-7(11(16)17)4-9(6)20(18,19)14(2)5-10(13)15/h3-4H,5H2,1-2H3,(H2,13,15)(H,16,17). The third-order valence-electron chi connectivity index (χ3n) is 2.61. The third-order valence-corrected chi connectivity index (χ3v) is 4.54. The highest BCUT2D eigenvalue weighted by Crippen LogP contribution is 2.23. The van der Waals surface area contributed by atoms with E-state index in [2.05, 4.69) is 0 Å². The van der Waals surface area contributed by atoms with Crippen molar-refractivity contribution >= 4 is 21.9 Å². The average molecular weight is 304 g/mol. The Morgan fingerprint density at radius 3 is 2.40 bits per heavy atom. The van der Waals surface area contributed by atoms with E-state index in [0.29, 0.717) is 4.31 Å². The summed E-state index contributed by atoms with van der Waals surface area (Å²) in [5.74, 6) is -3.31. The van der Waals surface area contributed by atoms with E-state index in [1.165, 1.54) is 6.92 Å². The van der Waals surface area contributed by atoms with Crippen LogP contribution in [0.3, 0.4) is 0 Å². The Balaban J connectivity index is 3.45. The lowest BCUT2D eigenvalue weighted by Crippen LogP contribution is -2.35. The van der Waals surface area contributed by atoms with Gasteiger partial charge in [0.25, 0.3) is 0 Å². The highest BCUT2D eigenvalue weighted by Gasteiger charge is 2.27. The van der Waals surface area contributed by atoms with Gasteiger partial charge in [-0.2, -0.15) is 4.31 Å². The van der Waals surface area contributed by atoms with Crippen molar-refractivity contribution in [2.45, 2.75) is 11.8 Å². The smallest absolute Gasteiger partial charge is 0.335 e. The molecule has 1 aromatic rings. The Morgan fingerprint density at radius 2 is 1.95 bits per heavy atom. The molecule has 0 saturated carbocycles. The predicted molar refractivity (Wildman–Crippen MR) is 67.1 cm³/mol. The topological polar surface area (TPSA) is 118 Å². The van der Waals surface area contributed by atoms with Gasteiger partial charge in [0.05, 0.1) is 17.0 Å². The van der Waals surface area contributed by atoms with Crippen LogP contribution in [0.25, 0.3) is 0 Å². The summed E-state index contributed by atoms with van der Waals surface area (Å²) in [5.41, 5.74) is 4.17. The Kier molecular flexibility index (Phi) is 4.46. The molecule has 9 heteroatoms. The molecule has 0 saturated heterocycles. The monoisotopic (exact) mass is 304 g/mol. The van der Waals surface area contributed by atoms with Crippen molar-refractivity contribution in [2.75, 3.05) is 13.6 Å². The van der Waals surface area contributed by atoms with E-state index in [4.69, 9.17) is 10.8 Å². The van der Waals surface area contributed by atoms with Gasteiger partial charge in [0, 0.05) is 12.6 Å². The average Bonchev–Trinajstić information content (AvgIpc) is 2.30. The summed E-state index contributed by atoms with van der Waals surface area (Å²) in [6, 6.07) is 1.57. The minimum atomic E-state index is -4.21. The van der Waals surface area contributed by atoms with Crippen molar-refractivity contribution < 1.29 is 27.5 Å². The highest BCUT2D eigenvalue weighted by atomic mass is 32.2. The molecule has 0 heterocycles. The molecule has 0 aliphatic rings. The number of carboxylic acids is 1. The molecular weight excluding hydrogens is 291 g/mol. The van der Waals surface area contributed by atoms with E-state index >= 15 is 0 Å². The summed E-state index contributed by atoms with van der Waals surface area (Å²) in [4.78, 5) is 21.1. The van der Waals surface area contributed by atoms with Crippen molar-refractivity contribution in [2.24, 2.45) is 5.73 Å². The van der Waals surface area contributed by atoms with Gasteiger partial charge >= 0.3 is 5.97 Å². The molecule has 0 unspecified atom stereocenters. The van der Waals surface area contributed by atoms with Crippen LogP contribution in [0.4, 0.5) is 4.39 Å². The second kappa shape index (κ2) is 5.55. The van der Waals surface area contributed by atoms with E-state index < -0.39 is 44.7 Å². The van der Waals surface area contributed by atoms with E-state index in [-0.39, 0.29) is 5.56 Å². The van der Waals surface area contributed by atoms with Crippen LogP contribution in [0.15, 0.2) is 17.0 Å². The van der Waals surface area contributed by atoms with E-state index in [9.17, 15) is 22.4 Å². The number of sulfonamides is 1. The molecule has 110 valence electrons. The van der Waals surface area contributed by atoms with Crippen molar-refractivity contribution in [1.29, 1.82) is 0 Å². The number of likely N-dealkylation sites (N-methyl/N-ethyl adjacent to an activating group) is 1. The number of amides is 1. The molecule has 0 aromatic heterocycles. The maximum absolute atomic E-state index is 13.6. The summed E-state index contributed by atoms with van der Waals surface area (Å²) < 4.78 is 38.6. The number of carbonyl (C=O) groups is 2. The predicted octanol–water partition coefficient (Wildman–Crippen LogP) is -0.0619. The zero-order chi connectivity index (χ0) is 15.7. The fraction of sp³-hybridized carbons (Fsp3) is 0.273. The summed E-state index contributed by atoms with van der Waals surface area (Å²) >= 11 is 0. The molecule has 0 spiro atoms. The number of aromatic carboxylic acids is 1. The largest absolute Gasteiger partial charge is 0.478 e. The quantitative estimate of drug-likeness (QED) is 0.790. The SMILES string of the molecule is Cc1c(F)cc(C(=O)O)cc1S(=O)(=O)N(C)CC(N)=O. The lowest BCUT2D eigenvalue weighted by molar-refractivity contribution is -0.118. The zero-order valence-corrected chi connectivity index (χ0v) is 11.6. The van der Waals surface area contributed by atoms with E-state index in [1.807, 2.05) is 0 Å². The molecule has 3 N–H and O–H groups in total. The summed E-state index contributed by atoms with van der Waals surface area (Å²) in [7, 11) is -3.13. The Bertz CT molecular complexity index is 672. The normalized spacial score (nSPS) is 11.6. The van der Waals surface area contributed by atoms with Gasteiger partial charge in [-0.05, 0) is 19.1 Å². The Labute approximate surface area is 114 Å². The van der Waals surface area contributed by atoms with Gasteiger partial charge in [-0.15, -0.1) is 0 Å². The Morgan fingerprint density at radius 1 is 1.40 bits per heavy atom. The molecule has 7 nitrogen and oxygen atoms in total. The van der Waals surface area contributed by atoms with Crippen LogP contribution in [0.1, 0.15) is 15.9 Å². The number of halogens is 1. The second-order valence-corrected chi connectivity index (χ2v) is 6.13. The summed E-state index contributed by atoms with van der Waals surface area (Å²) in [5, 5.41) is 8.83. The first-order chi connectivity index (χ1) is 9.07. The maximum atomic E-state index is 13.6. The first kappa shape index (κ1) is 16.1. The van der Waals surface area contributed by atoms with Gasteiger partial charge in [0.15, 0.2) is 0 Å². The second-order valence-electron chi connectivity index (χ2n) is 4.11. The molecule has 0 aliphatic heterocycles. The highest BCUT2D eigenvalue weighted by molar-refractivity contribution is 7.89. The molecular formula is C11H13FN2O5S. The van der Waals surface area contributed by atoms with Crippen LogP contribution in [0, 0.1) is 12.7 Å². The van der Waals surface area contributed by atoms with Crippen molar-refractivity contribution in [1.82, 2.24) is 4.31 Å². The maximum Gasteiger partial charge on any atom is 0.335 e. The number of nitrogens with two attached hydrogens (primary N) is 1. The molecule has 0 atom stereocenters. The summed E-state index contributed by atoms with van der Waals surface area (Å²) in [6.07, 6.45) is 0. The molecule has 0 bridgehead atoms. The number of benzene rings is 1. The first-order valence-electron chi connectivity index (χ1n) is 5.35. The van der Waals surface area contributed by atoms with Gasteiger partial charge in [-0.25, -0.2) is 17.6 Å². The number of primary amides is 1. The van der Waals surface area contributed by atoms with Crippen LogP contribution in [-0.2, 0) is 14.8 Å². The van der Waals surface area contributed by atoms with Crippen molar-refractivity contribution in [3.05, 3.63) is 29.1 Å². The van der Waals surface area contributed by atoms with Gasteiger partial charge in [-0.1, -0.05) is 0 Å². The van der Waals surface area contributed by atoms with Gasteiger partial charge in [0.1, 0.15) is 5.82 Å². The van der Waals surface area contributed by atoms with Gasteiger partial charge in [-0.3, -0.25) is 4.79 Å². The minimum Gasteiger partial charge on any atom is -0.478 e. The molecule has 20 heavy (non-hydrogen) atoms. The van der Waals surface area contributed by atoms with E-state index in [1.54, 1.807) is 0 Å². The molecule has 1 aromatic carbocycles. The number of hydrogen-bond donors (Lipinski definition) is 2. The zero-order valence-electron chi connectivity index (χ0n) is 10.8. The molecule has 0 fully saturated rings. The van der Waals surface area contributed by atoms with Gasteiger partial charge < -0.3 is 10.8 Å². The van der Waals surface area contributed by atoms with Crippen LogP contribution in [0.5, 0.6) is 0 Å². The Hall–Kier alpha value is -2.00. The fourth-order valence-corrected chi connectivity index (χ4v) is 2.91. The lowest BCUT2D eigenvalue weighted by Gasteiger charge is -2.17. The number of carboxylic acid groups (broad SMARTS) is 1. The van der Waals surface area contributed by atoms with Crippen molar-refractivity contribution in [3.8, 4) is 0 Å². The van der Waals surface area contributed by atoms with Crippen molar-refractivity contribution in [3.63, 3.8) is 0 Å². The number of rotatable bonds is 5. The molecule has 0 radical (unpaired) electrons. The third kappa shape index (κ3) is 3.11. The first-order valence-corrected chi connectivity index (χ1v) is 6.79. The molecule has 0 aliphatic carbocycles.